The summed E-state index contributed by atoms with van der Waals surface area (Å²) in [5, 5.41) is 1.03. The van der Waals surface area contributed by atoms with Gasteiger partial charge in [0, 0.05) is 22.7 Å². The van der Waals surface area contributed by atoms with Crippen molar-refractivity contribution in [3.8, 4) is 5.75 Å². The Morgan fingerprint density at radius 1 is 1.08 bits per heavy atom. The van der Waals surface area contributed by atoms with E-state index in [0.29, 0.717) is 6.61 Å². The second-order valence-corrected chi connectivity index (χ2v) is 7.11. The van der Waals surface area contributed by atoms with Gasteiger partial charge in [0.1, 0.15) is 18.0 Å². The normalized spacial score (nSPS) is 11.8. The van der Waals surface area contributed by atoms with Gasteiger partial charge in [-0.25, -0.2) is 4.79 Å². The van der Waals surface area contributed by atoms with E-state index in [1.807, 2.05) is 75.4 Å². The van der Waals surface area contributed by atoms with Crippen molar-refractivity contribution < 1.29 is 14.3 Å². The summed E-state index contributed by atoms with van der Waals surface area (Å²) in [7, 11) is 0. The Morgan fingerprint density at radius 3 is 2.58 bits per heavy atom. The molecule has 0 aliphatic heterocycles. The van der Waals surface area contributed by atoms with Crippen LogP contribution in [0, 0.1) is 0 Å². The Labute approximate surface area is 153 Å². The second-order valence-electron chi connectivity index (χ2n) is 7.11. The zero-order valence-electron chi connectivity index (χ0n) is 15.3. The van der Waals surface area contributed by atoms with Crippen molar-refractivity contribution in [2.75, 3.05) is 0 Å². The molecule has 4 heteroatoms. The number of nitrogens with one attached hydrogen (secondary N) is 1. The molecule has 0 unspecified atom stereocenters. The summed E-state index contributed by atoms with van der Waals surface area (Å²) in [5.41, 5.74) is 2.46. The SMILES string of the molecule is CC(C)(C)OC(=O)C=Cc1cc2cc(OCc3ccccc3)ccc2[nH]1. The van der Waals surface area contributed by atoms with Gasteiger partial charge in [-0.05, 0) is 56.7 Å². The molecular weight excluding hydrogens is 326 g/mol. The highest BCUT2D eigenvalue weighted by molar-refractivity contribution is 5.89. The van der Waals surface area contributed by atoms with Crippen LogP contribution in [0.15, 0.2) is 60.7 Å². The number of fused-ring (bicyclic) bond motifs is 1. The average molecular weight is 349 g/mol. The highest BCUT2D eigenvalue weighted by atomic mass is 16.6. The van der Waals surface area contributed by atoms with Crippen LogP contribution in [0.1, 0.15) is 32.0 Å². The molecule has 0 aliphatic rings. The Hall–Kier alpha value is -3.01. The Balaban J connectivity index is 1.68. The first-order valence-corrected chi connectivity index (χ1v) is 8.60. The van der Waals surface area contributed by atoms with Gasteiger partial charge in [-0.3, -0.25) is 0 Å². The summed E-state index contributed by atoms with van der Waals surface area (Å²) >= 11 is 0. The minimum Gasteiger partial charge on any atom is -0.489 e. The molecule has 3 aromatic rings. The van der Waals surface area contributed by atoms with Crippen LogP contribution in [0.4, 0.5) is 0 Å². The third-order valence-corrected chi connectivity index (χ3v) is 3.67. The number of hydrogen-bond donors (Lipinski definition) is 1. The molecule has 0 fully saturated rings. The van der Waals surface area contributed by atoms with Crippen molar-refractivity contribution in [1.29, 1.82) is 0 Å². The van der Waals surface area contributed by atoms with Gasteiger partial charge in [0.15, 0.2) is 0 Å². The molecule has 0 amide bonds. The molecular formula is C22H23NO3. The fourth-order valence-corrected chi connectivity index (χ4v) is 2.55. The summed E-state index contributed by atoms with van der Waals surface area (Å²) in [6.07, 6.45) is 3.15. The maximum Gasteiger partial charge on any atom is 0.331 e. The summed E-state index contributed by atoms with van der Waals surface area (Å²) in [6, 6.07) is 17.9. The van der Waals surface area contributed by atoms with E-state index in [0.717, 1.165) is 27.9 Å². The number of benzene rings is 2. The van der Waals surface area contributed by atoms with Gasteiger partial charge in [-0.1, -0.05) is 30.3 Å². The predicted molar refractivity (Wildman–Crippen MR) is 104 cm³/mol. The topological polar surface area (TPSA) is 51.3 Å². The van der Waals surface area contributed by atoms with Gasteiger partial charge >= 0.3 is 5.97 Å². The predicted octanol–water partition coefficient (Wildman–Crippen LogP) is 5.10. The summed E-state index contributed by atoms with van der Waals surface area (Å²) in [5.74, 6) is 0.450. The molecule has 4 nitrogen and oxygen atoms in total. The van der Waals surface area contributed by atoms with E-state index in [-0.39, 0.29) is 5.97 Å². The highest BCUT2D eigenvalue weighted by Gasteiger charge is 2.13. The molecule has 0 atom stereocenters. The lowest BCUT2D eigenvalue weighted by molar-refractivity contribution is -0.148. The zero-order valence-corrected chi connectivity index (χ0v) is 15.3. The molecule has 0 aliphatic carbocycles. The zero-order chi connectivity index (χ0) is 18.6. The molecule has 0 saturated heterocycles. The Bertz CT molecular complexity index is 917. The van der Waals surface area contributed by atoms with Crippen LogP contribution in [0.3, 0.4) is 0 Å². The molecule has 1 heterocycles. The lowest BCUT2D eigenvalue weighted by atomic mass is 10.2. The van der Waals surface area contributed by atoms with E-state index in [1.165, 1.54) is 6.08 Å². The fraction of sp³-hybridized carbons (Fsp3) is 0.227. The number of rotatable bonds is 5. The number of carbonyl (C=O) groups excluding carboxylic acids is 1. The summed E-state index contributed by atoms with van der Waals surface area (Å²) in [4.78, 5) is 15.0. The maximum atomic E-state index is 11.8. The standard InChI is InChI=1S/C22H23NO3/c1-22(2,3)26-21(24)12-9-18-13-17-14-19(10-11-20(17)23-18)25-15-16-7-5-4-6-8-16/h4-14,23H,15H2,1-3H3. The van der Waals surface area contributed by atoms with Crippen molar-refractivity contribution in [3.05, 3.63) is 71.9 Å². The van der Waals surface area contributed by atoms with E-state index in [4.69, 9.17) is 9.47 Å². The molecule has 2 aromatic carbocycles. The molecule has 1 N–H and O–H groups in total. The van der Waals surface area contributed by atoms with Gasteiger partial charge in [-0.2, -0.15) is 0 Å². The lowest BCUT2D eigenvalue weighted by Crippen LogP contribution is -2.22. The van der Waals surface area contributed by atoms with Crippen LogP contribution in [-0.2, 0) is 16.1 Å². The number of aromatic amines is 1. The molecule has 134 valence electrons. The summed E-state index contributed by atoms with van der Waals surface area (Å²) < 4.78 is 11.1. The third-order valence-electron chi connectivity index (χ3n) is 3.67. The molecule has 1 aromatic heterocycles. The minimum atomic E-state index is -0.493. The number of hydrogen-bond acceptors (Lipinski definition) is 3. The van der Waals surface area contributed by atoms with Crippen molar-refractivity contribution in [1.82, 2.24) is 4.98 Å². The van der Waals surface area contributed by atoms with E-state index < -0.39 is 5.60 Å². The van der Waals surface area contributed by atoms with E-state index in [9.17, 15) is 4.79 Å². The smallest absolute Gasteiger partial charge is 0.331 e. The van der Waals surface area contributed by atoms with Crippen molar-refractivity contribution in [2.45, 2.75) is 33.0 Å². The third kappa shape index (κ3) is 4.99. The molecule has 0 radical (unpaired) electrons. The van der Waals surface area contributed by atoms with Crippen LogP contribution in [0.5, 0.6) is 5.75 Å². The number of H-pyrrole nitrogens is 1. The van der Waals surface area contributed by atoms with Crippen LogP contribution < -0.4 is 4.74 Å². The Kier molecular flexibility index (Phi) is 5.12. The van der Waals surface area contributed by atoms with Crippen LogP contribution >= 0.6 is 0 Å². The first kappa shape index (κ1) is 17.8. The first-order chi connectivity index (χ1) is 12.4. The average Bonchev–Trinajstić information content (AvgIpc) is 3.00. The minimum absolute atomic E-state index is 0.358. The van der Waals surface area contributed by atoms with E-state index in [1.54, 1.807) is 6.08 Å². The molecule has 3 rings (SSSR count). The number of aromatic nitrogens is 1. The van der Waals surface area contributed by atoms with Crippen molar-refractivity contribution in [2.24, 2.45) is 0 Å². The lowest BCUT2D eigenvalue weighted by Gasteiger charge is -2.17. The monoisotopic (exact) mass is 349 g/mol. The molecule has 0 saturated carbocycles. The second kappa shape index (κ2) is 7.48. The van der Waals surface area contributed by atoms with E-state index in [2.05, 4.69) is 4.98 Å². The molecule has 26 heavy (non-hydrogen) atoms. The summed E-state index contributed by atoms with van der Waals surface area (Å²) in [6.45, 7) is 6.07. The number of ether oxygens (including phenoxy) is 2. The number of esters is 1. The van der Waals surface area contributed by atoms with Crippen molar-refractivity contribution in [3.63, 3.8) is 0 Å². The van der Waals surface area contributed by atoms with Crippen molar-refractivity contribution >= 4 is 22.9 Å². The quantitative estimate of drug-likeness (QED) is 0.515. The number of carbonyl (C=O) groups is 1. The van der Waals surface area contributed by atoms with Crippen LogP contribution in [-0.4, -0.2) is 16.6 Å². The van der Waals surface area contributed by atoms with Gasteiger partial charge in [0.25, 0.3) is 0 Å². The molecule has 0 spiro atoms. The van der Waals surface area contributed by atoms with E-state index >= 15 is 0 Å². The first-order valence-electron chi connectivity index (χ1n) is 8.60. The fourth-order valence-electron chi connectivity index (χ4n) is 2.55. The Morgan fingerprint density at radius 2 is 1.85 bits per heavy atom. The van der Waals surface area contributed by atoms with Gasteiger partial charge in [0.2, 0.25) is 0 Å². The van der Waals surface area contributed by atoms with Gasteiger partial charge in [-0.15, -0.1) is 0 Å². The van der Waals surface area contributed by atoms with Crippen LogP contribution in [0.2, 0.25) is 0 Å². The molecule has 0 bridgehead atoms. The van der Waals surface area contributed by atoms with Gasteiger partial charge in [0.05, 0.1) is 0 Å². The van der Waals surface area contributed by atoms with Crippen LogP contribution in [0.25, 0.3) is 17.0 Å². The maximum absolute atomic E-state index is 11.8. The largest absolute Gasteiger partial charge is 0.489 e. The van der Waals surface area contributed by atoms with Gasteiger partial charge < -0.3 is 14.5 Å². The highest BCUT2D eigenvalue weighted by Crippen LogP contribution is 2.23.